The molecule has 0 heterocycles. The predicted octanol–water partition coefficient (Wildman–Crippen LogP) is 5.02. The van der Waals surface area contributed by atoms with Crippen LogP contribution in [0.15, 0.2) is 12.1 Å². The Hall–Kier alpha value is -1.55. The fourth-order valence-electron chi connectivity index (χ4n) is 3.80. The second-order valence-electron chi connectivity index (χ2n) is 7.50. The van der Waals surface area contributed by atoms with E-state index < -0.39 is 5.60 Å². The number of amides is 1. The molecule has 1 aromatic carbocycles. The van der Waals surface area contributed by atoms with Gasteiger partial charge in [0.25, 0.3) is 5.91 Å². The van der Waals surface area contributed by atoms with E-state index in [1.165, 1.54) is 6.42 Å². The summed E-state index contributed by atoms with van der Waals surface area (Å²) in [6.07, 6.45) is 5.93. The van der Waals surface area contributed by atoms with E-state index in [2.05, 4.69) is 19.2 Å². The van der Waals surface area contributed by atoms with Crippen molar-refractivity contribution in [3.8, 4) is 5.75 Å². The molecular weight excluding hydrogens is 314 g/mol. The zero-order valence-corrected chi connectivity index (χ0v) is 16.4. The van der Waals surface area contributed by atoms with E-state index in [0.717, 1.165) is 61.3 Å². The monoisotopic (exact) mass is 347 g/mol. The Balaban J connectivity index is 2.12. The topological polar surface area (TPSA) is 47.6 Å². The van der Waals surface area contributed by atoms with Gasteiger partial charge in [0.15, 0.2) is 0 Å². The van der Waals surface area contributed by atoms with E-state index in [1.54, 1.807) is 7.11 Å². The number of aryl methyl sites for hydroxylation is 2. The normalized spacial score (nSPS) is 23.3. The SMILES string of the molecule is CCCCOc1c(C)cc(NC(=O)C2(OC)CCCC(C)C2)cc1C. The number of nitrogens with one attached hydrogen (secondary N) is 1. The molecule has 1 aliphatic rings. The second-order valence-corrected chi connectivity index (χ2v) is 7.50. The van der Waals surface area contributed by atoms with Crippen molar-refractivity contribution in [1.82, 2.24) is 0 Å². The Morgan fingerprint density at radius 3 is 2.56 bits per heavy atom. The number of carbonyl (C=O) groups is 1. The van der Waals surface area contributed by atoms with E-state index >= 15 is 0 Å². The minimum absolute atomic E-state index is 0.0278. The minimum Gasteiger partial charge on any atom is -0.493 e. The molecule has 4 heteroatoms. The molecule has 1 amide bonds. The average molecular weight is 347 g/mol. The molecule has 4 nitrogen and oxygen atoms in total. The van der Waals surface area contributed by atoms with Crippen LogP contribution >= 0.6 is 0 Å². The van der Waals surface area contributed by atoms with Gasteiger partial charge in [-0.05, 0) is 68.7 Å². The number of hydrogen-bond acceptors (Lipinski definition) is 3. The first-order valence-corrected chi connectivity index (χ1v) is 9.52. The van der Waals surface area contributed by atoms with Gasteiger partial charge in [-0.1, -0.05) is 26.7 Å². The number of benzene rings is 1. The van der Waals surface area contributed by atoms with Crippen molar-refractivity contribution in [1.29, 1.82) is 0 Å². The summed E-state index contributed by atoms with van der Waals surface area (Å²) < 4.78 is 11.6. The van der Waals surface area contributed by atoms with Gasteiger partial charge in [-0.3, -0.25) is 4.79 Å². The third kappa shape index (κ3) is 4.75. The Kier molecular flexibility index (Phi) is 6.88. The van der Waals surface area contributed by atoms with Gasteiger partial charge in [-0.15, -0.1) is 0 Å². The van der Waals surface area contributed by atoms with Crippen LogP contribution in [0.4, 0.5) is 5.69 Å². The van der Waals surface area contributed by atoms with Gasteiger partial charge < -0.3 is 14.8 Å². The first kappa shape index (κ1) is 19.8. The van der Waals surface area contributed by atoms with E-state index in [-0.39, 0.29) is 5.91 Å². The lowest BCUT2D eigenvalue weighted by atomic mass is 9.78. The van der Waals surface area contributed by atoms with Crippen molar-refractivity contribution in [3.05, 3.63) is 23.3 Å². The maximum atomic E-state index is 12.9. The summed E-state index contributed by atoms with van der Waals surface area (Å²) in [4.78, 5) is 12.9. The number of hydrogen-bond donors (Lipinski definition) is 1. The Morgan fingerprint density at radius 2 is 2.00 bits per heavy atom. The molecule has 0 aromatic heterocycles. The Morgan fingerprint density at radius 1 is 1.32 bits per heavy atom. The van der Waals surface area contributed by atoms with Crippen molar-refractivity contribution in [3.63, 3.8) is 0 Å². The number of rotatable bonds is 7. The molecule has 0 bridgehead atoms. The fourth-order valence-corrected chi connectivity index (χ4v) is 3.80. The van der Waals surface area contributed by atoms with Crippen molar-refractivity contribution >= 4 is 11.6 Å². The number of ether oxygens (including phenoxy) is 2. The van der Waals surface area contributed by atoms with Crippen LogP contribution in [-0.2, 0) is 9.53 Å². The molecule has 0 spiro atoms. The quantitative estimate of drug-likeness (QED) is 0.705. The maximum Gasteiger partial charge on any atom is 0.256 e. The zero-order valence-electron chi connectivity index (χ0n) is 16.4. The highest BCUT2D eigenvalue weighted by atomic mass is 16.5. The van der Waals surface area contributed by atoms with Gasteiger partial charge in [0.2, 0.25) is 0 Å². The van der Waals surface area contributed by atoms with Gasteiger partial charge in [0.05, 0.1) is 6.61 Å². The first-order chi connectivity index (χ1) is 11.9. The number of anilines is 1. The van der Waals surface area contributed by atoms with Crippen LogP contribution in [-0.4, -0.2) is 25.2 Å². The summed E-state index contributed by atoms with van der Waals surface area (Å²) in [6, 6.07) is 3.98. The molecule has 1 aromatic rings. The summed E-state index contributed by atoms with van der Waals surface area (Å²) >= 11 is 0. The molecule has 2 unspecified atom stereocenters. The van der Waals surface area contributed by atoms with Crippen LogP contribution in [0.5, 0.6) is 5.75 Å². The average Bonchev–Trinajstić information content (AvgIpc) is 2.57. The summed E-state index contributed by atoms with van der Waals surface area (Å²) in [5.41, 5.74) is 2.22. The Labute approximate surface area is 152 Å². The second kappa shape index (κ2) is 8.70. The maximum absolute atomic E-state index is 12.9. The molecule has 1 saturated carbocycles. The van der Waals surface area contributed by atoms with Crippen LogP contribution in [0.25, 0.3) is 0 Å². The molecule has 2 atom stereocenters. The summed E-state index contributed by atoms with van der Waals surface area (Å²) in [5.74, 6) is 1.41. The third-order valence-corrected chi connectivity index (χ3v) is 5.22. The highest BCUT2D eigenvalue weighted by Gasteiger charge is 2.42. The van der Waals surface area contributed by atoms with Gasteiger partial charge in [-0.25, -0.2) is 0 Å². The van der Waals surface area contributed by atoms with E-state index in [9.17, 15) is 4.79 Å². The number of methoxy groups -OCH3 is 1. The van der Waals surface area contributed by atoms with E-state index in [1.807, 2.05) is 26.0 Å². The lowest BCUT2D eigenvalue weighted by Gasteiger charge is -2.37. The molecule has 1 fully saturated rings. The smallest absolute Gasteiger partial charge is 0.256 e. The highest BCUT2D eigenvalue weighted by Crippen LogP contribution is 2.36. The molecule has 25 heavy (non-hydrogen) atoms. The van der Waals surface area contributed by atoms with Crippen LogP contribution < -0.4 is 10.1 Å². The third-order valence-electron chi connectivity index (χ3n) is 5.22. The number of carbonyl (C=O) groups excluding carboxylic acids is 1. The molecule has 1 N–H and O–H groups in total. The van der Waals surface area contributed by atoms with Crippen molar-refractivity contribution in [2.24, 2.45) is 5.92 Å². The van der Waals surface area contributed by atoms with Gasteiger partial charge in [0, 0.05) is 12.8 Å². The lowest BCUT2D eigenvalue weighted by molar-refractivity contribution is -0.143. The molecule has 0 aliphatic heterocycles. The highest BCUT2D eigenvalue weighted by molar-refractivity contribution is 5.97. The van der Waals surface area contributed by atoms with Gasteiger partial charge >= 0.3 is 0 Å². The van der Waals surface area contributed by atoms with Crippen molar-refractivity contribution < 1.29 is 14.3 Å². The van der Waals surface area contributed by atoms with Gasteiger partial charge in [0.1, 0.15) is 11.4 Å². The van der Waals surface area contributed by atoms with Crippen LogP contribution in [0.2, 0.25) is 0 Å². The molecule has 0 radical (unpaired) electrons. The van der Waals surface area contributed by atoms with E-state index in [4.69, 9.17) is 9.47 Å². The Bertz CT molecular complexity index is 576. The minimum atomic E-state index is -0.699. The molecule has 0 saturated heterocycles. The fraction of sp³-hybridized carbons (Fsp3) is 0.667. The molecular formula is C21H33NO3. The number of unbranched alkanes of at least 4 members (excludes halogenated alkanes) is 1. The lowest BCUT2D eigenvalue weighted by Crippen LogP contribution is -2.47. The van der Waals surface area contributed by atoms with Crippen LogP contribution in [0.1, 0.15) is 63.5 Å². The van der Waals surface area contributed by atoms with Gasteiger partial charge in [-0.2, -0.15) is 0 Å². The largest absolute Gasteiger partial charge is 0.493 e. The molecule has 140 valence electrons. The van der Waals surface area contributed by atoms with Crippen LogP contribution in [0.3, 0.4) is 0 Å². The van der Waals surface area contributed by atoms with Crippen molar-refractivity contribution in [2.45, 2.75) is 71.8 Å². The molecule has 1 aliphatic carbocycles. The molecule has 2 rings (SSSR count). The zero-order chi connectivity index (χ0) is 18.4. The summed E-state index contributed by atoms with van der Waals surface area (Å²) in [5, 5.41) is 3.08. The van der Waals surface area contributed by atoms with E-state index in [0.29, 0.717) is 5.92 Å². The van der Waals surface area contributed by atoms with Crippen LogP contribution in [0, 0.1) is 19.8 Å². The summed E-state index contributed by atoms with van der Waals surface area (Å²) in [6.45, 7) is 9.13. The standard InChI is InChI=1S/C21H33NO3/c1-6-7-11-25-19-16(3)12-18(13-17(19)4)22-20(23)21(24-5)10-8-9-15(2)14-21/h12-13,15H,6-11,14H2,1-5H3,(H,22,23). The first-order valence-electron chi connectivity index (χ1n) is 9.52. The van der Waals surface area contributed by atoms with Crippen molar-refractivity contribution in [2.75, 3.05) is 19.0 Å². The summed E-state index contributed by atoms with van der Waals surface area (Å²) in [7, 11) is 1.65. The predicted molar refractivity (Wildman–Crippen MR) is 102 cm³/mol.